The van der Waals surface area contributed by atoms with Gasteiger partial charge in [-0.15, -0.1) is 0 Å². The number of aromatic nitrogens is 1. The summed E-state index contributed by atoms with van der Waals surface area (Å²) in [4.78, 5) is 4.63. The van der Waals surface area contributed by atoms with Gasteiger partial charge in [0, 0.05) is 0 Å². The Balaban J connectivity index is 2.80. The van der Waals surface area contributed by atoms with Gasteiger partial charge in [0.15, 0.2) is 0 Å². The molecule has 0 spiro atoms. The summed E-state index contributed by atoms with van der Waals surface area (Å²) in [5.41, 5.74) is 1.05. The predicted octanol–water partition coefficient (Wildman–Crippen LogP) is 5.04. The van der Waals surface area contributed by atoms with E-state index in [1.165, 1.54) is 57.8 Å². The SMILES string of the molecule is CCCC[C](CCCC)(CCCC)[Sn][c]1nc(C)co1. The van der Waals surface area contributed by atoms with Crippen molar-refractivity contribution in [2.24, 2.45) is 0 Å². The molecule has 114 valence electrons. The fraction of sp³-hybridized carbons (Fsp3) is 0.824. The van der Waals surface area contributed by atoms with E-state index in [2.05, 4.69) is 25.8 Å². The van der Waals surface area contributed by atoms with Crippen LogP contribution in [0, 0.1) is 6.92 Å². The van der Waals surface area contributed by atoms with Crippen molar-refractivity contribution in [2.45, 2.75) is 88.9 Å². The summed E-state index contributed by atoms with van der Waals surface area (Å²) < 4.78 is 7.43. The third-order valence-corrected chi connectivity index (χ3v) is 8.94. The van der Waals surface area contributed by atoms with Crippen molar-refractivity contribution in [3.63, 3.8) is 0 Å². The van der Waals surface area contributed by atoms with Crippen LogP contribution in [0.4, 0.5) is 0 Å². The number of aryl methyl sites for hydroxylation is 1. The second kappa shape index (κ2) is 9.86. The molecule has 2 radical (unpaired) electrons. The monoisotopic (exact) mass is 385 g/mol. The summed E-state index contributed by atoms with van der Waals surface area (Å²) in [6, 6.07) is 0. The Labute approximate surface area is 135 Å². The first-order chi connectivity index (χ1) is 9.65. The topological polar surface area (TPSA) is 26.0 Å². The van der Waals surface area contributed by atoms with Gasteiger partial charge in [-0.25, -0.2) is 0 Å². The van der Waals surface area contributed by atoms with Crippen LogP contribution < -0.4 is 3.91 Å². The van der Waals surface area contributed by atoms with Crippen LogP contribution in [-0.2, 0) is 0 Å². The van der Waals surface area contributed by atoms with Crippen LogP contribution in [0.5, 0.6) is 0 Å². The molecule has 1 heterocycles. The maximum absolute atomic E-state index is 5.72. The number of rotatable bonds is 11. The molecule has 0 saturated heterocycles. The van der Waals surface area contributed by atoms with Gasteiger partial charge in [-0.2, -0.15) is 0 Å². The van der Waals surface area contributed by atoms with E-state index in [1.807, 2.05) is 13.2 Å². The summed E-state index contributed by atoms with van der Waals surface area (Å²) in [5.74, 6) is 0. The van der Waals surface area contributed by atoms with Gasteiger partial charge >= 0.3 is 135 Å². The zero-order valence-electron chi connectivity index (χ0n) is 13.8. The summed E-state index contributed by atoms with van der Waals surface area (Å²) in [5, 5.41) is 0. The normalized spacial score (nSPS) is 12.0. The third-order valence-electron chi connectivity index (χ3n) is 4.02. The van der Waals surface area contributed by atoms with Gasteiger partial charge in [-0.1, -0.05) is 0 Å². The van der Waals surface area contributed by atoms with Gasteiger partial charge in [-0.05, 0) is 0 Å². The molecule has 0 fully saturated rings. The van der Waals surface area contributed by atoms with Gasteiger partial charge in [0.25, 0.3) is 0 Å². The number of nitrogens with zero attached hydrogens (tertiary/aromatic N) is 1. The molecule has 0 bridgehead atoms. The van der Waals surface area contributed by atoms with Gasteiger partial charge in [0.05, 0.1) is 0 Å². The third kappa shape index (κ3) is 6.19. The first-order valence-electron chi connectivity index (χ1n) is 8.36. The number of oxazole rings is 1. The Morgan fingerprint density at radius 2 is 1.50 bits per heavy atom. The maximum atomic E-state index is 5.72. The molecule has 0 aliphatic heterocycles. The van der Waals surface area contributed by atoms with Crippen molar-refractivity contribution >= 4 is 25.0 Å². The average Bonchev–Trinajstić information content (AvgIpc) is 2.85. The molecular formula is C17H31NOSn. The van der Waals surface area contributed by atoms with Crippen molar-refractivity contribution in [3.05, 3.63) is 12.0 Å². The van der Waals surface area contributed by atoms with E-state index in [0.717, 1.165) is 9.60 Å². The predicted molar refractivity (Wildman–Crippen MR) is 87.9 cm³/mol. The minimum absolute atomic E-state index is 0.586. The molecule has 0 amide bonds. The standard InChI is InChI=1S/C13H27.C4H4NO.Sn/c1-4-7-10-13(11-8-5-2)12-9-6-3;1-4-2-6-3-5-4;/h4-12H2,1-3H3;2H,1H3;. The second-order valence-electron chi connectivity index (χ2n) is 6.01. The molecule has 0 aromatic carbocycles. The van der Waals surface area contributed by atoms with Crippen LogP contribution in [0.25, 0.3) is 0 Å². The van der Waals surface area contributed by atoms with Crippen LogP contribution in [0.3, 0.4) is 0 Å². The van der Waals surface area contributed by atoms with Gasteiger partial charge in [-0.3, -0.25) is 0 Å². The minimum atomic E-state index is -0.747. The Hall–Kier alpha value is 0.00870. The molecule has 3 heteroatoms. The molecule has 20 heavy (non-hydrogen) atoms. The Kier molecular flexibility index (Phi) is 8.90. The zero-order chi connectivity index (χ0) is 14.8. The molecule has 1 aromatic rings. The van der Waals surface area contributed by atoms with Gasteiger partial charge < -0.3 is 0 Å². The Morgan fingerprint density at radius 1 is 1.00 bits per heavy atom. The molecule has 0 aliphatic rings. The van der Waals surface area contributed by atoms with Gasteiger partial charge in [0.2, 0.25) is 0 Å². The van der Waals surface area contributed by atoms with Crippen LogP contribution in [0.1, 0.15) is 84.3 Å². The van der Waals surface area contributed by atoms with E-state index in [1.54, 1.807) is 0 Å². The molecule has 0 N–H and O–H groups in total. The van der Waals surface area contributed by atoms with Crippen molar-refractivity contribution in [1.29, 1.82) is 0 Å². The number of unbranched alkanes of at least 4 members (excludes halogenated alkanes) is 3. The summed E-state index contributed by atoms with van der Waals surface area (Å²) in [7, 11) is 0. The van der Waals surface area contributed by atoms with E-state index in [0.29, 0.717) is 3.43 Å². The molecular weight excluding hydrogens is 353 g/mol. The number of hydrogen-bond donors (Lipinski definition) is 0. The first-order valence-corrected chi connectivity index (χ1v) is 11.2. The summed E-state index contributed by atoms with van der Waals surface area (Å²) in [6.45, 7) is 8.97. The van der Waals surface area contributed by atoms with E-state index < -0.39 is 21.1 Å². The van der Waals surface area contributed by atoms with E-state index in [-0.39, 0.29) is 0 Å². The fourth-order valence-corrected chi connectivity index (χ4v) is 7.62. The van der Waals surface area contributed by atoms with Crippen LogP contribution in [0.2, 0.25) is 3.43 Å². The summed E-state index contributed by atoms with van der Waals surface area (Å²) in [6.07, 6.45) is 14.1. The first kappa shape index (κ1) is 18.1. The molecule has 0 atom stereocenters. The number of hydrogen-bond acceptors (Lipinski definition) is 2. The molecule has 0 aliphatic carbocycles. The van der Waals surface area contributed by atoms with Crippen molar-refractivity contribution < 1.29 is 4.42 Å². The summed E-state index contributed by atoms with van der Waals surface area (Å²) >= 11 is -0.747. The van der Waals surface area contributed by atoms with E-state index in [4.69, 9.17) is 4.42 Å². The van der Waals surface area contributed by atoms with E-state index in [9.17, 15) is 0 Å². The average molecular weight is 384 g/mol. The molecule has 0 saturated carbocycles. The van der Waals surface area contributed by atoms with E-state index >= 15 is 0 Å². The quantitative estimate of drug-likeness (QED) is 0.500. The van der Waals surface area contributed by atoms with Crippen molar-refractivity contribution in [3.8, 4) is 0 Å². The molecule has 1 rings (SSSR count). The van der Waals surface area contributed by atoms with Crippen LogP contribution in [0.15, 0.2) is 10.7 Å². The van der Waals surface area contributed by atoms with Crippen LogP contribution in [-0.4, -0.2) is 26.1 Å². The zero-order valence-corrected chi connectivity index (χ0v) is 16.7. The fourth-order valence-electron chi connectivity index (χ4n) is 2.75. The second-order valence-corrected chi connectivity index (χ2v) is 11.0. The molecule has 2 nitrogen and oxygen atoms in total. The van der Waals surface area contributed by atoms with Crippen LogP contribution >= 0.6 is 0 Å². The van der Waals surface area contributed by atoms with Crippen molar-refractivity contribution in [1.82, 2.24) is 4.98 Å². The Bertz CT molecular complexity index is 340. The van der Waals surface area contributed by atoms with Crippen molar-refractivity contribution in [2.75, 3.05) is 0 Å². The molecule has 0 unspecified atom stereocenters. The Morgan fingerprint density at radius 3 is 1.85 bits per heavy atom. The van der Waals surface area contributed by atoms with Gasteiger partial charge in [0.1, 0.15) is 0 Å². The molecule has 1 aromatic heterocycles.